The van der Waals surface area contributed by atoms with Crippen LogP contribution < -0.4 is 10.2 Å². The molecular weight excluding hydrogens is 268 g/mol. The van der Waals surface area contributed by atoms with E-state index in [0.29, 0.717) is 6.42 Å². The van der Waals surface area contributed by atoms with Crippen molar-refractivity contribution in [1.82, 2.24) is 9.71 Å². The van der Waals surface area contributed by atoms with Crippen LogP contribution in [-0.4, -0.2) is 31.2 Å². The number of aromatic amines is 1. The lowest BCUT2D eigenvalue weighted by Gasteiger charge is -2.22. The number of aliphatic hydroxyl groups excluding tert-OH is 1. The van der Waals surface area contributed by atoms with E-state index in [1.165, 1.54) is 6.20 Å². The minimum absolute atomic E-state index is 0.102. The first-order valence-corrected chi connectivity index (χ1v) is 7.45. The average Bonchev–Trinajstić information content (AvgIpc) is 2.24. The molecule has 19 heavy (non-hydrogen) atoms. The molecule has 1 unspecified atom stereocenters. The lowest BCUT2D eigenvalue weighted by atomic mass is 9.89. The highest BCUT2D eigenvalue weighted by Crippen LogP contribution is 2.20. The van der Waals surface area contributed by atoms with Crippen LogP contribution in [0.4, 0.5) is 0 Å². The Morgan fingerprint density at radius 2 is 2.05 bits per heavy atom. The predicted octanol–water partition coefficient (Wildman–Crippen LogP) is 0.450. The molecule has 3 N–H and O–H groups in total. The van der Waals surface area contributed by atoms with E-state index in [2.05, 4.69) is 9.71 Å². The number of pyridine rings is 1. The first-order valence-electron chi connectivity index (χ1n) is 5.97. The van der Waals surface area contributed by atoms with Gasteiger partial charge in [0.15, 0.2) is 0 Å². The largest absolute Gasteiger partial charge is 0.392 e. The van der Waals surface area contributed by atoms with Gasteiger partial charge in [0.2, 0.25) is 15.5 Å². The second-order valence-corrected chi connectivity index (χ2v) is 7.38. The third kappa shape index (κ3) is 5.14. The highest BCUT2D eigenvalue weighted by molar-refractivity contribution is 7.89. The summed E-state index contributed by atoms with van der Waals surface area (Å²) in [6.45, 7) is 5.74. The van der Waals surface area contributed by atoms with Crippen molar-refractivity contribution >= 4 is 10.0 Å². The quantitative estimate of drug-likeness (QED) is 0.732. The fourth-order valence-corrected chi connectivity index (χ4v) is 2.80. The third-order valence-electron chi connectivity index (χ3n) is 2.43. The molecule has 1 heterocycles. The molecule has 0 saturated heterocycles. The van der Waals surface area contributed by atoms with E-state index in [4.69, 9.17) is 0 Å². The Bertz CT molecular complexity index is 572. The molecular formula is C12H20N2O4S. The van der Waals surface area contributed by atoms with Gasteiger partial charge in [0, 0.05) is 25.0 Å². The summed E-state index contributed by atoms with van der Waals surface area (Å²) in [5.41, 5.74) is -0.689. The molecule has 0 aliphatic carbocycles. The maximum absolute atomic E-state index is 11.9. The van der Waals surface area contributed by atoms with Gasteiger partial charge in [0.25, 0.3) is 0 Å². The molecule has 6 nitrogen and oxygen atoms in total. The van der Waals surface area contributed by atoms with Gasteiger partial charge in [-0.25, -0.2) is 13.1 Å². The van der Waals surface area contributed by atoms with Crippen LogP contribution in [0.15, 0.2) is 28.2 Å². The zero-order valence-electron chi connectivity index (χ0n) is 11.3. The Kier molecular flexibility index (Phi) is 4.89. The maximum Gasteiger partial charge on any atom is 0.246 e. The van der Waals surface area contributed by atoms with Crippen molar-refractivity contribution in [2.24, 2.45) is 5.41 Å². The molecule has 1 atom stereocenters. The molecule has 0 bridgehead atoms. The third-order valence-corrected chi connectivity index (χ3v) is 3.88. The zero-order chi connectivity index (χ0) is 14.7. The second kappa shape index (κ2) is 5.85. The van der Waals surface area contributed by atoms with Gasteiger partial charge in [0.1, 0.15) is 4.90 Å². The molecule has 1 aromatic heterocycles. The summed E-state index contributed by atoms with van der Waals surface area (Å²) < 4.78 is 26.0. The molecule has 0 spiro atoms. The smallest absolute Gasteiger partial charge is 0.246 e. The van der Waals surface area contributed by atoms with E-state index < -0.39 is 21.6 Å². The van der Waals surface area contributed by atoms with Crippen molar-refractivity contribution in [3.63, 3.8) is 0 Å². The SMILES string of the molecule is CC(C)(C)CC(O)CNS(=O)(=O)c1c[nH]ccc1=O. The van der Waals surface area contributed by atoms with E-state index in [-0.39, 0.29) is 16.9 Å². The van der Waals surface area contributed by atoms with Crippen LogP contribution in [0.1, 0.15) is 27.2 Å². The summed E-state index contributed by atoms with van der Waals surface area (Å²) in [7, 11) is -3.90. The van der Waals surface area contributed by atoms with Crippen molar-refractivity contribution in [3.8, 4) is 0 Å². The summed E-state index contributed by atoms with van der Waals surface area (Å²) >= 11 is 0. The van der Waals surface area contributed by atoms with Gasteiger partial charge in [-0.3, -0.25) is 4.79 Å². The van der Waals surface area contributed by atoms with Crippen LogP contribution in [0.3, 0.4) is 0 Å². The van der Waals surface area contributed by atoms with Gasteiger partial charge in [-0.2, -0.15) is 0 Å². The average molecular weight is 288 g/mol. The second-order valence-electron chi connectivity index (χ2n) is 5.64. The number of sulfonamides is 1. The number of aliphatic hydroxyl groups is 1. The lowest BCUT2D eigenvalue weighted by Crippen LogP contribution is -2.36. The van der Waals surface area contributed by atoms with Crippen LogP contribution >= 0.6 is 0 Å². The maximum atomic E-state index is 11.9. The number of rotatable bonds is 5. The van der Waals surface area contributed by atoms with Crippen molar-refractivity contribution in [3.05, 3.63) is 28.7 Å². The van der Waals surface area contributed by atoms with Gasteiger partial charge in [-0.1, -0.05) is 20.8 Å². The number of nitrogens with one attached hydrogen (secondary N) is 2. The Labute approximate surface area is 112 Å². The molecule has 1 rings (SSSR count). The zero-order valence-corrected chi connectivity index (χ0v) is 12.1. The fraction of sp³-hybridized carbons (Fsp3) is 0.583. The van der Waals surface area contributed by atoms with Crippen LogP contribution in [0.2, 0.25) is 0 Å². The predicted molar refractivity (Wildman–Crippen MR) is 72.3 cm³/mol. The lowest BCUT2D eigenvalue weighted by molar-refractivity contribution is 0.125. The summed E-state index contributed by atoms with van der Waals surface area (Å²) in [4.78, 5) is 13.6. The number of hydrogen-bond donors (Lipinski definition) is 3. The monoisotopic (exact) mass is 288 g/mol. The number of aromatic nitrogens is 1. The Morgan fingerprint density at radius 1 is 1.42 bits per heavy atom. The standard InChI is InChI=1S/C12H20N2O4S/c1-12(2,3)6-9(15)7-14-19(17,18)11-8-13-5-4-10(11)16/h4-5,8-9,14-15H,6-7H2,1-3H3,(H,13,16). The van der Waals surface area contributed by atoms with Gasteiger partial charge in [-0.05, 0) is 11.8 Å². The Balaban J connectivity index is 2.72. The molecule has 7 heteroatoms. The Hall–Kier alpha value is -1.18. The van der Waals surface area contributed by atoms with E-state index in [1.54, 1.807) is 0 Å². The van der Waals surface area contributed by atoms with Gasteiger partial charge in [-0.15, -0.1) is 0 Å². The minimum atomic E-state index is -3.90. The summed E-state index contributed by atoms with van der Waals surface area (Å²) in [6.07, 6.45) is 2.15. The van der Waals surface area contributed by atoms with Gasteiger partial charge in [0.05, 0.1) is 6.10 Å². The molecule has 0 aliphatic heterocycles. The van der Waals surface area contributed by atoms with E-state index in [0.717, 1.165) is 12.3 Å². The van der Waals surface area contributed by atoms with Crippen molar-refractivity contribution in [2.75, 3.05) is 6.54 Å². The Morgan fingerprint density at radius 3 is 2.58 bits per heavy atom. The molecule has 108 valence electrons. The van der Waals surface area contributed by atoms with Crippen molar-refractivity contribution < 1.29 is 13.5 Å². The molecule has 0 radical (unpaired) electrons. The molecule has 0 aliphatic rings. The molecule has 0 fully saturated rings. The van der Waals surface area contributed by atoms with Crippen LogP contribution in [0.5, 0.6) is 0 Å². The summed E-state index contributed by atoms with van der Waals surface area (Å²) in [5, 5.41) is 9.75. The normalized spacial score (nSPS) is 14.3. The van der Waals surface area contributed by atoms with Crippen LogP contribution in [0.25, 0.3) is 0 Å². The molecule has 1 aromatic rings. The summed E-state index contributed by atoms with van der Waals surface area (Å²) in [6, 6.07) is 1.14. The van der Waals surface area contributed by atoms with Crippen LogP contribution in [-0.2, 0) is 10.0 Å². The van der Waals surface area contributed by atoms with E-state index >= 15 is 0 Å². The van der Waals surface area contributed by atoms with Gasteiger partial charge >= 0.3 is 0 Å². The number of hydrogen-bond acceptors (Lipinski definition) is 4. The van der Waals surface area contributed by atoms with E-state index in [9.17, 15) is 18.3 Å². The van der Waals surface area contributed by atoms with Crippen LogP contribution in [0, 0.1) is 5.41 Å². The minimum Gasteiger partial charge on any atom is -0.392 e. The first-order chi connectivity index (χ1) is 8.62. The fourth-order valence-electron chi connectivity index (χ4n) is 1.67. The van der Waals surface area contributed by atoms with Gasteiger partial charge < -0.3 is 10.1 Å². The highest BCUT2D eigenvalue weighted by atomic mass is 32.2. The van der Waals surface area contributed by atoms with Crippen molar-refractivity contribution in [2.45, 2.75) is 38.2 Å². The highest BCUT2D eigenvalue weighted by Gasteiger charge is 2.21. The molecule has 0 amide bonds. The van der Waals surface area contributed by atoms with E-state index in [1.807, 2.05) is 20.8 Å². The first kappa shape index (κ1) is 15.9. The molecule has 0 aromatic carbocycles. The topological polar surface area (TPSA) is 99.3 Å². The van der Waals surface area contributed by atoms with Crippen molar-refractivity contribution in [1.29, 1.82) is 0 Å². The summed E-state index contributed by atoms with van der Waals surface area (Å²) in [5.74, 6) is 0. The molecule has 0 saturated carbocycles. The number of H-pyrrole nitrogens is 1.